The fraction of sp³-hybridized carbons (Fsp3) is 0.172. The predicted molar refractivity (Wildman–Crippen MR) is 126 cm³/mol. The molecule has 0 bridgehead atoms. The van der Waals surface area contributed by atoms with Crippen molar-refractivity contribution in [3.8, 4) is 33.4 Å². The summed E-state index contributed by atoms with van der Waals surface area (Å²) < 4.78 is 0. The maximum absolute atomic E-state index is 2.37. The van der Waals surface area contributed by atoms with Gasteiger partial charge < -0.3 is 0 Å². The molecular formula is C29H28. The number of aryl methyl sites for hydroxylation is 1. The second-order valence-corrected chi connectivity index (χ2v) is 8.82. The third kappa shape index (κ3) is 4.17. The Labute approximate surface area is 174 Å². The van der Waals surface area contributed by atoms with Crippen LogP contribution >= 0.6 is 0 Å². The van der Waals surface area contributed by atoms with Gasteiger partial charge in [-0.2, -0.15) is 0 Å². The monoisotopic (exact) mass is 376 g/mol. The lowest BCUT2D eigenvalue weighted by Gasteiger charge is -2.24. The average Bonchev–Trinajstić information content (AvgIpc) is 2.74. The van der Waals surface area contributed by atoms with E-state index in [1.165, 1.54) is 44.5 Å². The van der Waals surface area contributed by atoms with Gasteiger partial charge in [-0.1, -0.05) is 123 Å². The van der Waals surface area contributed by atoms with Crippen molar-refractivity contribution in [1.29, 1.82) is 0 Å². The molecule has 0 amide bonds. The minimum Gasteiger partial charge on any atom is -0.0622 e. The maximum Gasteiger partial charge on any atom is -0.0125 e. The molecule has 144 valence electrons. The summed E-state index contributed by atoms with van der Waals surface area (Å²) in [6.07, 6.45) is 0. The topological polar surface area (TPSA) is 0 Å². The summed E-state index contributed by atoms with van der Waals surface area (Å²) in [5.41, 5.74) is 10.4. The highest BCUT2D eigenvalue weighted by molar-refractivity contribution is 5.77. The Morgan fingerprint density at radius 3 is 1.59 bits per heavy atom. The van der Waals surface area contributed by atoms with Gasteiger partial charge in [-0.3, -0.25) is 0 Å². The number of benzene rings is 4. The highest BCUT2D eigenvalue weighted by Crippen LogP contribution is 2.37. The van der Waals surface area contributed by atoms with E-state index < -0.39 is 0 Å². The normalized spacial score (nSPS) is 11.4. The van der Waals surface area contributed by atoms with Crippen LogP contribution in [-0.2, 0) is 5.41 Å². The van der Waals surface area contributed by atoms with Crippen LogP contribution in [0.3, 0.4) is 0 Å². The summed E-state index contributed by atoms with van der Waals surface area (Å²) in [6.45, 7) is 9.02. The van der Waals surface area contributed by atoms with Gasteiger partial charge in [0.15, 0.2) is 0 Å². The van der Waals surface area contributed by atoms with Gasteiger partial charge in [-0.05, 0) is 51.3 Å². The first-order valence-electron chi connectivity index (χ1n) is 10.3. The van der Waals surface area contributed by atoms with Crippen molar-refractivity contribution in [2.75, 3.05) is 0 Å². The molecule has 0 aliphatic heterocycles. The standard InChI is InChI=1S/C29H28/c1-21-10-12-24(13-11-21)26-18-19-27(28(20-26)29(2,3)4)25-16-14-23(15-17-25)22-8-6-5-7-9-22/h5-20H,1-4H3. The van der Waals surface area contributed by atoms with E-state index in [9.17, 15) is 0 Å². The third-order valence-electron chi connectivity index (χ3n) is 5.52. The zero-order valence-electron chi connectivity index (χ0n) is 17.7. The van der Waals surface area contributed by atoms with Crippen LogP contribution in [0.4, 0.5) is 0 Å². The molecule has 0 N–H and O–H groups in total. The predicted octanol–water partition coefficient (Wildman–Crippen LogP) is 8.29. The molecule has 0 unspecified atom stereocenters. The minimum atomic E-state index is 0.0636. The molecule has 0 radical (unpaired) electrons. The highest BCUT2D eigenvalue weighted by Gasteiger charge is 2.20. The fourth-order valence-corrected chi connectivity index (χ4v) is 3.81. The Morgan fingerprint density at radius 2 is 0.966 bits per heavy atom. The molecule has 0 nitrogen and oxygen atoms in total. The van der Waals surface area contributed by atoms with E-state index in [0.29, 0.717) is 0 Å². The molecule has 0 spiro atoms. The van der Waals surface area contributed by atoms with Crippen molar-refractivity contribution in [3.05, 3.63) is 108 Å². The van der Waals surface area contributed by atoms with Gasteiger partial charge in [0.25, 0.3) is 0 Å². The Bertz CT molecular complexity index is 1090. The van der Waals surface area contributed by atoms with Crippen LogP contribution in [0.1, 0.15) is 31.9 Å². The fourth-order valence-electron chi connectivity index (χ4n) is 3.81. The summed E-state index contributed by atoms with van der Waals surface area (Å²) >= 11 is 0. The Hall–Kier alpha value is -3.12. The van der Waals surface area contributed by atoms with Gasteiger partial charge in [0.1, 0.15) is 0 Å². The smallest absolute Gasteiger partial charge is 0.0125 e. The maximum atomic E-state index is 2.37. The lowest BCUT2D eigenvalue weighted by molar-refractivity contribution is 0.592. The zero-order chi connectivity index (χ0) is 20.4. The van der Waals surface area contributed by atoms with Crippen LogP contribution in [0.2, 0.25) is 0 Å². The largest absolute Gasteiger partial charge is 0.0622 e. The highest BCUT2D eigenvalue weighted by atomic mass is 14.2. The van der Waals surface area contributed by atoms with Crippen molar-refractivity contribution in [3.63, 3.8) is 0 Å². The van der Waals surface area contributed by atoms with E-state index in [0.717, 1.165) is 0 Å². The van der Waals surface area contributed by atoms with Crippen molar-refractivity contribution < 1.29 is 0 Å². The van der Waals surface area contributed by atoms with Crippen LogP contribution in [0.25, 0.3) is 33.4 Å². The molecule has 4 aromatic carbocycles. The molecule has 29 heavy (non-hydrogen) atoms. The van der Waals surface area contributed by atoms with Crippen molar-refractivity contribution in [2.45, 2.75) is 33.1 Å². The van der Waals surface area contributed by atoms with Crippen LogP contribution in [0.15, 0.2) is 97.1 Å². The molecule has 0 fully saturated rings. The Balaban J connectivity index is 1.76. The molecule has 4 aromatic rings. The lowest BCUT2D eigenvalue weighted by atomic mass is 9.80. The van der Waals surface area contributed by atoms with E-state index >= 15 is 0 Å². The first kappa shape index (κ1) is 19.2. The SMILES string of the molecule is Cc1ccc(-c2ccc(-c3ccc(-c4ccccc4)cc3)c(C(C)(C)C)c2)cc1. The molecule has 0 aliphatic carbocycles. The van der Waals surface area contributed by atoms with Crippen LogP contribution in [-0.4, -0.2) is 0 Å². The second kappa shape index (κ2) is 7.72. The van der Waals surface area contributed by atoms with Crippen molar-refractivity contribution in [2.24, 2.45) is 0 Å². The third-order valence-corrected chi connectivity index (χ3v) is 5.52. The summed E-state index contributed by atoms with van der Waals surface area (Å²) in [7, 11) is 0. The van der Waals surface area contributed by atoms with E-state index in [-0.39, 0.29) is 5.41 Å². The van der Waals surface area contributed by atoms with Crippen molar-refractivity contribution in [1.82, 2.24) is 0 Å². The molecule has 0 saturated carbocycles. The molecule has 4 rings (SSSR count). The van der Waals surface area contributed by atoms with Crippen LogP contribution in [0.5, 0.6) is 0 Å². The Kier molecular flexibility index (Phi) is 5.11. The molecular weight excluding hydrogens is 348 g/mol. The summed E-state index contributed by atoms with van der Waals surface area (Å²) in [5, 5.41) is 0. The molecule has 0 saturated heterocycles. The van der Waals surface area contributed by atoms with Gasteiger partial charge in [-0.25, -0.2) is 0 Å². The van der Waals surface area contributed by atoms with Crippen LogP contribution in [0, 0.1) is 6.92 Å². The molecule has 0 aliphatic rings. The van der Waals surface area contributed by atoms with Crippen molar-refractivity contribution >= 4 is 0 Å². The van der Waals surface area contributed by atoms with E-state index in [4.69, 9.17) is 0 Å². The first-order chi connectivity index (χ1) is 13.9. The molecule has 0 aromatic heterocycles. The summed E-state index contributed by atoms with van der Waals surface area (Å²) in [4.78, 5) is 0. The van der Waals surface area contributed by atoms with Gasteiger partial charge in [0.05, 0.1) is 0 Å². The number of rotatable bonds is 3. The van der Waals surface area contributed by atoms with E-state index in [2.05, 4.69) is 125 Å². The average molecular weight is 377 g/mol. The van der Waals surface area contributed by atoms with Gasteiger partial charge in [0, 0.05) is 0 Å². The van der Waals surface area contributed by atoms with Gasteiger partial charge in [0.2, 0.25) is 0 Å². The summed E-state index contributed by atoms with van der Waals surface area (Å²) in [6, 6.07) is 35.2. The molecule has 0 atom stereocenters. The Morgan fingerprint density at radius 1 is 0.483 bits per heavy atom. The lowest BCUT2D eigenvalue weighted by Crippen LogP contribution is -2.13. The molecule has 0 heteroatoms. The second-order valence-electron chi connectivity index (χ2n) is 8.82. The van der Waals surface area contributed by atoms with Gasteiger partial charge >= 0.3 is 0 Å². The number of hydrogen-bond acceptors (Lipinski definition) is 0. The zero-order valence-corrected chi connectivity index (χ0v) is 17.7. The molecule has 0 heterocycles. The quantitative estimate of drug-likeness (QED) is 0.337. The summed E-state index contributed by atoms with van der Waals surface area (Å²) in [5.74, 6) is 0. The number of hydrogen-bond donors (Lipinski definition) is 0. The minimum absolute atomic E-state index is 0.0636. The van der Waals surface area contributed by atoms with Crippen LogP contribution < -0.4 is 0 Å². The first-order valence-corrected chi connectivity index (χ1v) is 10.3. The van der Waals surface area contributed by atoms with Gasteiger partial charge in [-0.15, -0.1) is 0 Å². The van der Waals surface area contributed by atoms with E-state index in [1.54, 1.807) is 0 Å². The van der Waals surface area contributed by atoms with E-state index in [1.807, 2.05) is 0 Å².